The Kier molecular flexibility index (Phi) is 5.48. The third kappa shape index (κ3) is 3.62. The fourth-order valence-electron chi connectivity index (χ4n) is 5.44. The van der Waals surface area contributed by atoms with Crippen LogP contribution in [0.5, 0.6) is 0 Å². The number of rotatable bonds is 4. The van der Waals surface area contributed by atoms with Crippen LogP contribution in [0.25, 0.3) is 0 Å². The summed E-state index contributed by atoms with van der Waals surface area (Å²) in [6, 6.07) is 5.03. The number of methoxy groups -OCH3 is 1. The van der Waals surface area contributed by atoms with Crippen molar-refractivity contribution in [3.8, 4) is 0 Å². The SMILES string of the molecule is COC[C@@]12CC[C@@H](N3CCOCC3)C[C@H]1CCN(c1cc(C)ccn1)C2. The van der Waals surface area contributed by atoms with Gasteiger partial charge in [0.25, 0.3) is 0 Å². The molecule has 4 rings (SSSR count). The van der Waals surface area contributed by atoms with Gasteiger partial charge in [0.2, 0.25) is 0 Å². The lowest BCUT2D eigenvalue weighted by molar-refractivity contribution is -0.0540. The van der Waals surface area contributed by atoms with Gasteiger partial charge in [0.1, 0.15) is 5.82 Å². The maximum Gasteiger partial charge on any atom is 0.128 e. The van der Waals surface area contributed by atoms with Crippen LogP contribution in [0.15, 0.2) is 18.3 Å². The summed E-state index contributed by atoms with van der Waals surface area (Å²) in [6.45, 7) is 9.22. The third-order valence-electron chi connectivity index (χ3n) is 6.87. The number of piperidine rings is 1. The van der Waals surface area contributed by atoms with Crippen LogP contribution in [0, 0.1) is 18.3 Å². The molecule has 1 aliphatic carbocycles. The van der Waals surface area contributed by atoms with E-state index in [4.69, 9.17) is 9.47 Å². The summed E-state index contributed by atoms with van der Waals surface area (Å²) in [5.41, 5.74) is 1.57. The number of aromatic nitrogens is 1. The molecular weight excluding hydrogens is 326 g/mol. The van der Waals surface area contributed by atoms with Crippen molar-refractivity contribution in [2.24, 2.45) is 11.3 Å². The highest BCUT2D eigenvalue weighted by Gasteiger charge is 2.48. The minimum absolute atomic E-state index is 0.279. The van der Waals surface area contributed by atoms with Crippen molar-refractivity contribution in [1.82, 2.24) is 9.88 Å². The van der Waals surface area contributed by atoms with Crippen molar-refractivity contribution in [2.45, 2.75) is 38.6 Å². The molecule has 5 nitrogen and oxygen atoms in total. The van der Waals surface area contributed by atoms with Gasteiger partial charge in [0.15, 0.2) is 0 Å². The molecule has 0 N–H and O–H groups in total. The van der Waals surface area contributed by atoms with Crippen molar-refractivity contribution >= 4 is 5.82 Å². The van der Waals surface area contributed by atoms with E-state index in [1.54, 1.807) is 0 Å². The van der Waals surface area contributed by atoms with Crippen molar-refractivity contribution < 1.29 is 9.47 Å². The van der Waals surface area contributed by atoms with Crippen LogP contribution in [0.2, 0.25) is 0 Å². The number of ether oxygens (including phenoxy) is 2. The molecule has 5 heteroatoms. The van der Waals surface area contributed by atoms with E-state index in [2.05, 4.69) is 33.8 Å². The van der Waals surface area contributed by atoms with E-state index in [0.29, 0.717) is 0 Å². The highest BCUT2D eigenvalue weighted by Crippen LogP contribution is 2.48. The van der Waals surface area contributed by atoms with Crippen molar-refractivity contribution in [3.05, 3.63) is 23.9 Å². The molecule has 3 atom stereocenters. The average molecular weight is 360 g/mol. The van der Waals surface area contributed by atoms with E-state index in [9.17, 15) is 0 Å². The van der Waals surface area contributed by atoms with E-state index in [1.807, 2.05) is 13.3 Å². The lowest BCUT2D eigenvalue weighted by atomic mass is 9.62. The Morgan fingerprint density at radius 3 is 2.88 bits per heavy atom. The molecule has 144 valence electrons. The maximum absolute atomic E-state index is 5.75. The zero-order valence-electron chi connectivity index (χ0n) is 16.3. The minimum Gasteiger partial charge on any atom is -0.384 e. The molecule has 0 spiro atoms. The molecular formula is C21H33N3O2. The van der Waals surface area contributed by atoms with E-state index in [1.165, 1.54) is 31.2 Å². The first kappa shape index (κ1) is 18.2. The van der Waals surface area contributed by atoms with Crippen LogP contribution in [0.1, 0.15) is 31.2 Å². The summed E-state index contributed by atoms with van der Waals surface area (Å²) >= 11 is 0. The first-order valence-corrected chi connectivity index (χ1v) is 10.2. The van der Waals surface area contributed by atoms with Gasteiger partial charge in [-0.2, -0.15) is 0 Å². The van der Waals surface area contributed by atoms with Gasteiger partial charge in [-0.25, -0.2) is 4.98 Å². The first-order valence-electron chi connectivity index (χ1n) is 10.2. The number of fused-ring (bicyclic) bond motifs is 1. The standard InChI is InChI=1S/C21H33N3O2/c1-17-4-7-22-20(13-17)24-8-5-18-14-19(23-9-11-26-12-10-23)3-6-21(18,15-24)16-25-2/h4,7,13,18-19H,3,5-6,8-12,14-16H2,1-2H3/t18-,19-,21+/m1/s1. The topological polar surface area (TPSA) is 37.8 Å². The number of pyridine rings is 1. The fraction of sp³-hybridized carbons (Fsp3) is 0.762. The summed E-state index contributed by atoms with van der Waals surface area (Å²) in [4.78, 5) is 9.82. The second-order valence-electron chi connectivity index (χ2n) is 8.47. The van der Waals surface area contributed by atoms with Gasteiger partial charge in [-0.15, -0.1) is 0 Å². The van der Waals surface area contributed by atoms with Crippen molar-refractivity contribution in [3.63, 3.8) is 0 Å². The minimum atomic E-state index is 0.279. The predicted octanol–water partition coefficient (Wildman–Crippen LogP) is 2.73. The Labute approximate surface area is 157 Å². The quantitative estimate of drug-likeness (QED) is 0.826. The Hall–Kier alpha value is -1.17. The Bertz CT molecular complexity index is 605. The van der Waals surface area contributed by atoms with Crippen molar-refractivity contribution in [1.29, 1.82) is 0 Å². The molecule has 0 bridgehead atoms. The number of aryl methyl sites for hydroxylation is 1. The van der Waals surface area contributed by atoms with E-state index in [0.717, 1.165) is 63.8 Å². The number of anilines is 1. The molecule has 26 heavy (non-hydrogen) atoms. The van der Waals surface area contributed by atoms with Gasteiger partial charge in [0, 0.05) is 50.9 Å². The van der Waals surface area contributed by atoms with Crippen LogP contribution >= 0.6 is 0 Å². The lowest BCUT2D eigenvalue weighted by Crippen LogP contribution is -2.57. The molecule has 2 aliphatic heterocycles. The zero-order valence-corrected chi connectivity index (χ0v) is 16.3. The van der Waals surface area contributed by atoms with Gasteiger partial charge < -0.3 is 14.4 Å². The molecule has 3 fully saturated rings. The van der Waals surface area contributed by atoms with Crippen molar-refractivity contribution in [2.75, 3.05) is 58.0 Å². The van der Waals surface area contributed by atoms with Crippen LogP contribution in [0.3, 0.4) is 0 Å². The van der Waals surface area contributed by atoms with Gasteiger partial charge in [-0.05, 0) is 56.2 Å². The highest BCUT2D eigenvalue weighted by molar-refractivity contribution is 5.42. The zero-order chi connectivity index (χ0) is 18.0. The molecule has 0 unspecified atom stereocenters. The average Bonchev–Trinajstić information content (AvgIpc) is 2.68. The predicted molar refractivity (Wildman–Crippen MR) is 104 cm³/mol. The normalized spacial score (nSPS) is 33.1. The number of nitrogens with zero attached hydrogens (tertiary/aromatic N) is 3. The van der Waals surface area contributed by atoms with Gasteiger partial charge in [0.05, 0.1) is 19.8 Å². The number of hydrogen-bond acceptors (Lipinski definition) is 5. The fourth-order valence-corrected chi connectivity index (χ4v) is 5.44. The smallest absolute Gasteiger partial charge is 0.128 e. The Morgan fingerprint density at radius 2 is 2.12 bits per heavy atom. The molecule has 3 heterocycles. The van der Waals surface area contributed by atoms with Gasteiger partial charge in [-0.1, -0.05) is 0 Å². The molecule has 0 amide bonds. The second-order valence-corrected chi connectivity index (χ2v) is 8.47. The maximum atomic E-state index is 5.75. The van der Waals surface area contributed by atoms with Gasteiger partial charge >= 0.3 is 0 Å². The lowest BCUT2D eigenvalue weighted by Gasteiger charge is -2.54. The van der Waals surface area contributed by atoms with Crippen LogP contribution in [0.4, 0.5) is 5.82 Å². The van der Waals surface area contributed by atoms with Gasteiger partial charge in [-0.3, -0.25) is 4.90 Å². The molecule has 3 aliphatic rings. The summed E-state index contributed by atoms with van der Waals surface area (Å²) in [6.07, 6.45) is 7.05. The van der Waals surface area contributed by atoms with Crippen LogP contribution in [-0.4, -0.2) is 69.0 Å². The van der Waals surface area contributed by atoms with E-state index >= 15 is 0 Å². The first-order chi connectivity index (χ1) is 12.7. The largest absolute Gasteiger partial charge is 0.384 e. The third-order valence-corrected chi connectivity index (χ3v) is 6.87. The molecule has 1 aromatic rings. The monoisotopic (exact) mass is 359 g/mol. The highest BCUT2D eigenvalue weighted by atomic mass is 16.5. The van der Waals surface area contributed by atoms with Crippen LogP contribution < -0.4 is 4.90 Å². The number of hydrogen-bond donors (Lipinski definition) is 0. The van der Waals surface area contributed by atoms with Crippen LogP contribution in [-0.2, 0) is 9.47 Å². The second kappa shape index (κ2) is 7.83. The van der Waals surface area contributed by atoms with E-state index in [-0.39, 0.29) is 5.41 Å². The number of morpholine rings is 1. The Balaban J connectivity index is 1.49. The molecule has 1 aromatic heterocycles. The molecule has 2 saturated heterocycles. The Morgan fingerprint density at radius 1 is 1.27 bits per heavy atom. The summed E-state index contributed by atoms with van der Waals surface area (Å²) in [5, 5.41) is 0. The summed E-state index contributed by atoms with van der Waals surface area (Å²) < 4.78 is 11.3. The molecule has 0 aromatic carbocycles. The molecule has 0 radical (unpaired) electrons. The molecule has 1 saturated carbocycles. The summed E-state index contributed by atoms with van der Waals surface area (Å²) in [7, 11) is 1.86. The summed E-state index contributed by atoms with van der Waals surface area (Å²) in [5.74, 6) is 1.89. The van der Waals surface area contributed by atoms with E-state index < -0.39 is 0 Å².